The predicted molar refractivity (Wildman–Crippen MR) is 55.5 cm³/mol. The van der Waals surface area contributed by atoms with Gasteiger partial charge in [-0.05, 0) is 13.8 Å². The van der Waals surface area contributed by atoms with Crippen molar-refractivity contribution in [1.82, 2.24) is 0 Å². The van der Waals surface area contributed by atoms with Crippen molar-refractivity contribution in [3.63, 3.8) is 0 Å². The Kier molecular flexibility index (Phi) is 4.03. The molecule has 1 aromatic rings. The topological polar surface area (TPSA) is 55.0 Å². The monoisotopic (exact) mass is 196 g/mol. The van der Waals surface area contributed by atoms with E-state index in [2.05, 4.69) is 0 Å². The summed E-state index contributed by atoms with van der Waals surface area (Å²) in [6.07, 6.45) is 0. The lowest BCUT2D eigenvalue weighted by Gasteiger charge is -2.22. The van der Waals surface area contributed by atoms with Gasteiger partial charge in [0.05, 0.1) is 13.1 Å². The third-order valence-corrected chi connectivity index (χ3v) is 2.17. The summed E-state index contributed by atoms with van der Waals surface area (Å²) in [6.45, 7) is 4.66. The molecule has 0 saturated heterocycles. The van der Waals surface area contributed by atoms with E-state index in [9.17, 15) is 10.4 Å². The van der Waals surface area contributed by atoms with Crippen molar-refractivity contribution in [3.8, 4) is 0 Å². The van der Waals surface area contributed by atoms with Crippen molar-refractivity contribution in [1.29, 1.82) is 0 Å². The molecule has 2 atom stereocenters. The molecule has 0 aromatic heterocycles. The second kappa shape index (κ2) is 5.07. The molecule has 0 saturated carbocycles. The zero-order valence-electron chi connectivity index (χ0n) is 8.54. The first kappa shape index (κ1) is 11.1. The number of quaternary nitrogens is 2. The summed E-state index contributed by atoms with van der Waals surface area (Å²) in [5.41, 5.74) is 1.36. The summed E-state index contributed by atoms with van der Waals surface area (Å²) < 4.78 is 0. The molecule has 0 aliphatic carbocycles. The van der Waals surface area contributed by atoms with E-state index in [-0.39, 0.29) is 10.1 Å². The molecule has 4 heteroatoms. The van der Waals surface area contributed by atoms with Gasteiger partial charge >= 0.3 is 0 Å². The highest BCUT2D eigenvalue weighted by atomic mass is 16.5. The highest BCUT2D eigenvalue weighted by Gasteiger charge is 2.03. The summed E-state index contributed by atoms with van der Waals surface area (Å²) in [7, 11) is 0. The molecule has 1 aromatic carbocycles. The highest BCUT2D eigenvalue weighted by molar-refractivity contribution is 5.39. The molecule has 0 aliphatic heterocycles. The van der Waals surface area contributed by atoms with Crippen molar-refractivity contribution in [2.24, 2.45) is 0 Å². The van der Waals surface area contributed by atoms with Gasteiger partial charge in [-0.1, -0.05) is 0 Å². The lowest BCUT2D eigenvalue weighted by Crippen LogP contribution is -3.02. The molecule has 0 bridgehead atoms. The Balaban J connectivity index is 2.78. The van der Waals surface area contributed by atoms with E-state index in [4.69, 9.17) is 0 Å². The molecule has 78 valence electrons. The average Bonchev–Trinajstić information content (AvgIpc) is 2.27. The van der Waals surface area contributed by atoms with Gasteiger partial charge in [-0.15, -0.1) is 0 Å². The van der Waals surface area contributed by atoms with Crippen LogP contribution in [0.15, 0.2) is 24.3 Å². The number of nitrogens with one attached hydrogen (secondary N) is 2. The van der Waals surface area contributed by atoms with Gasteiger partial charge in [0.25, 0.3) is 0 Å². The molecule has 0 fully saturated rings. The van der Waals surface area contributed by atoms with Crippen molar-refractivity contribution < 1.29 is 10.1 Å². The molecule has 1 rings (SSSR count). The van der Waals surface area contributed by atoms with E-state index in [0.29, 0.717) is 24.5 Å². The predicted octanol–water partition coefficient (Wildman–Crippen LogP) is -0.245. The average molecular weight is 196 g/mol. The minimum absolute atomic E-state index is 0.112. The van der Waals surface area contributed by atoms with Gasteiger partial charge in [-0.3, -0.25) is 0 Å². The maximum Gasteiger partial charge on any atom is 0.131 e. The second-order valence-corrected chi connectivity index (χ2v) is 3.13. The largest absolute Gasteiger partial charge is 0.629 e. The Morgan fingerprint density at radius 3 is 1.36 bits per heavy atom. The standard InChI is InChI=1S/C10H16N2O2/c1-3-11(13)9-5-7-10(8-6-9)12(14)4-2/h5-8,11-12H,3-4H2,1-2H3. The first-order chi connectivity index (χ1) is 6.69. The number of hydrogen-bond acceptors (Lipinski definition) is 2. The minimum Gasteiger partial charge on any atom is -0.629 e. The maximum absolute atomic E-state index is 11.3. The Bertz CT molecular complexity index is 245. The van der Waals surface area contributed by atoms with Crippen LogP contribution in [0, 0.1) is 10.4 Å². The molecule has 0 amide bonds. The maximum atomic E-state index is 11.3. The van der Waals surface area contributed by atoms with E-state index < -0.39 is 0 Å². The number of hydrogen-bond donors (Lipinski definition) is 2. The third kappa shape index (κ3) is 2.52. The Hall–Kier alpha value is -0.940. The number of rotatable bonds is 4. The number of benzene rings is 1. The van der Waals surface area contributed by atoms with Gasteiger partial charge in [-0.25, -0.2) is 0 Å². The van der Waals surface area contributed by atoms with E-state index in [1.807, 2.05) is 13.8 Å². The lowest BCUT2D eigenvalue weighted by atomic mass is 10.2. The summed E-state index contributed by atoms with van der Waals surface area (Å²) in [5, 5.41) is 22.8. The van der Waals surface area contributed by atoms with E-state index in [0.717, 1.165) is 0 Å². The lowest BCUT2D eigenvalue weighted by molar-refractivity contribution is -0.776. The fraction of sp³-hybridized carbons (Fsp3) is 0.400. The van der Waals surface area contributed by atoms with Crippen LogP contribution >= 0.6 is 0 Å². The number of hydroxylamine groups is 2. The third-order valence-electron chi connectivity index (χ3n) is 2.17. The van der Waals surface area contributed by atoms with Crippen LogP contribution in [0.25, 0.3) is 0 Å². The zero-order valence-corrected chi connectivity index (χ0v) is 8.54. The first-order valence-corrected chi connectivity index (χ1v) is 4.85. The first-order valence-electron chi connectivity index (χ1n) is 4.85. The van der Waals surface area contributed by atoms with E-state index in [1.165, 1.54) is 0 Å². The van der Waals surface area contributed by atoms with Gasteiger partial charge in [0.1, 0.15) is 11.4 Å². The van der Waals surface area contributed by atoms with Crippen LogP contribution in [0.2, 0.25) is 0 Å². The summed E-state index contributed by atoms with van der Waals surface area (Å²) in [5.74, 6) is 0. The smallest absolute Gasteiger partial charge is 0.131 e. The fourth-order valence-electron chi connectivity index (χ4n) is 1.25. The molecule has 0 radical (unpaired) electrons. The van der Waals surface area contributed by atoms with E-state index in [1.54, 1.807) is 24.3 Å². The quantitative estimate of drug-likeness (QED) is 0.653. The molecule has 14 heavy (non-hydrogen) atoms. The van der Waals surface area contributed by atoms with Crippen LogP contribution in [-0.4, -0.2) is 13.1 Å². The van der Waals surface area contributed by atoms with Crippen LogP contribution in [0.4, 0.5) is 11.4 Å². The van der Waals surface area contributed by atoms with Gasteiger partial charge in [0, 0.05) is 24.3 Å². The summed E-state index contributed by atoms with van der Waals surface area (Å²) in [4.78, 5) is 0. The van der Waals surface area contributed by atoms with Gasteiger partial charge in [0.15, 0.2) is 0 Å². The molecule has 0 heterocycles. The molecule has 2 unspecified atom stereocenters. The Morgan fingerprint density at radius 2 is 1.14 bits per heavy atom. The van der Waals surface area contributed by atoms with Crippen LogP contribution in [-0.2, 0) is 0 Å². The van der Waals surface area contributed by atoms with E-state index >= 15 is 0 Å². The minimum atomic E-state index is 0.112. The Labute approximate surface area is 83.9 Å². The van der Waals surface area contributed by atoms with Gasteiger partial charge in [0.2, 0.25) is 0 Å². The summed E-state index contributed by atoms with van der Waals surface area (Å²) in [6, 6.07) is 6.87. The van der Waals surface area contributed by atoms with Crippen LogP contribution in [0.5, 0.6) is 0 Å². The van der Waals surface area contributed by atoms with Crippen LogP contribution in [0.3, 0.4) is 0 Å². The van der Waals surface area contributed by atoms with Crippen LogP contribution < -0.4 is 10.1 Å². The molecule has 4 nitrogen and oxygen atoms in total. The van der Waals surface area contributed by atoms with Crippen molar-refractivity contribution in [2.75, 3.05) is 13.1 Å². The van der Waals surface area contributed by atoms with Crippen molar-refractivity contribution in [3.05, 3.63) is 34.7 Å². The normalized spacial score (nSPS) is 15.1. The fourth-order valence-corrected chi connectivity index (χ4v) is 1.25. The summed E-state index contributed by atoms with van der Waals surface area (Å²) >= 11 is 0. The SMILES string of the molecule is CC[NH+]([O-])c1ccc([NH+]([O-])CC)cc1. The van der Waals surface area contributed by atoms with Gasteiger partial charge < -0.3 is 20.5 Å². The Morgan fingerprint density at radius 1 is 0.857 bits per heavy atom. The van der Waals surface area contributed by atoms with Crippen LogP contribution in [0.1, 0.15) is 13.8 Å². The van der Waals surface area contributed by atoms with Crippen molar-refractivity contribution in [2.45, 2.75) is 13.8 Å². The van der Waals surface area contributed by atoms with Crippen molar-refractivity contribution >= 4 is 11.4 Å². The second-order valence-electron chi connectivity index (χ2n) is 3.13. The molecule has 2 N–H and O–H groups in total. The highest BCUT2D eigenvalue weighted by Crippen LogP contribution is 2.05. The zero-order chi connectivity index (χ0) is 10.6. The molecular formula is C10H16N2O2. The molecule has 0 spiro atoms. The van der Waals surface area contributed by atoms with Gasteiger partial charge in [-0.2, -0.15) is 0 Å². The molecule has 0 aliphatic rings. The molecular weight excluding hydrogens is 180 g/mol.